The van der Waals surface area contributed by atoms with Gasteiger partial charge in [-0.2, -0.15) is 0 Å². The van der Waals surface area contributed by atoms with Gasteiger partial charge in [-0.1, -0.05) is 66.8 Å². The van der Waals surface area contributed by atoms with Crippen LogP contribution in [-0.2, 0) is 27.8 Å². The molecule has 0 spiro atoms. The Bertz CT molecular complexity index is 3460. The van der Waals surface area contributed by atoms with Gasteiger partial charge in [0, 0.05) is 29.6 Å². The molecular formula is C51H30O2. The molecule has 2 heteroatoms. The topological polar surface area (TPSA) is 26.3 Å². The summed E-state index contributed by atoms with van der Waals surface area (Å²) in [6.07, 6.45) is 16.4. The van der Waals surface area contributed by atoms with Crippen LogP contribution in [0.5, 0.6) is 0 Å². The van der Waals surface area contributed by atoms with Crippen molar-refractivity contribution in [3.05, 3.63) is 128 Å². The van der Waals surface area contributed by atoms with E-state index in [1.165, 1.54) is 18.1 Å². The fourth-order valence-corrected chi connectivity index (χ4v) is 15.6. The number of carbonyl (C=O) groups excluding carboxylic acids is 1. The van der Waals surface area contributed by atoms with Crippen LogP contribution in [0.2, 0.25) is 0 Å². The Morgan fingerprint density at radius 2 is 1.30 bits per heavy atom. The van der Waals surface area contributed by atoms with E-state index in [0.717, 1.165) is 32.1 Å². The second kappa shape index (κ2) is 7.35. The Balaban J connectivity index is 1.18. The van der Waals surface area contributed by atoms with Crippen molar-refractivity contribution < 1.29 is 9.53 Å². The van der Waals surface area contributed by atoms with Gasteiger partial charge in [-0.15, -0.1) is 0 Å². The Hall–Kier alpha value is -5.47. The van der Waals surface area contributed by atoms with Gasteiger partial charge >= 0.3 is 5.97 Å². The summed E-state index contributed by atoms with van der Waals surface area (Å²) in [5, 5.41) is 19.1. The molecule has 0 heterocycles. The van der Waals surface area contributed by atoms with Crippen molar-refractivity contribution in [3.8, 4) is 0 Å². The lowest BCUT2D eigenvalue weighted by Crippen LogP contribution is -2.44. The Labute approximate surface area is 304 Å². The number of hydrogen-bond donors (Lipinski definition) is 0. The van der Waals surface area contributed by atoms with E-state index in [0.29, 0.717) is 18.3 Å². The first-order valence-electron chi connectivity index (χ1n) is 20.0. The van der Waals surface area contributed by atoms with Crippen LogP contribution in [0, 0.1) is 11.8 Å². The van der Waals surface area contributed by atoms with Crippen molar-refractivity contribution in [3.63, 3.8) is 0 Å². The minimum absolute atomic E-state index is 0.0985. The van der Waals surface area contributed by atoms with Gasteiger partial charge in [0.1, 0.15) is 0 Å². The molecule has 0 saturated heterocycles. The summed E-state index contributed by atoms with van der Waals surface area (Å²) < 4.78 is 5.23. The van der Waals surface area contributed by atoms with Gasteiger partial charge in [0.05, 0.1) is 7.11 Å². The van der Waals surface area contributed by atoms with Crippen molar-refractivity contribution in [1.29, 1.82) is 0 Å². The molecule has 0 bridgehead atoms. The number of allylic oxidation sites excluding steroid dienone is 8. The molecular weight excluding hydrogens is 645 g/mol. The molecule has 0 aromatic heterocycles. The minimum atomic E-state index is -0.234. The number of esters is 1. The maximum Gasteiger partial charge on any atom is 0.305 e. The van der Waals surface area contributed by atoms with Crippen LogP contribution in [-0.4, -0.2) is 13.1 Å². The van der Waals surface area contributed by atoms with Gasteiger partial charge in [0.2, 0.25) is 0 Å². The first-order chi connectivity index (χ1) is 26.2. The van der Waals surface area contributed by atoms with Crippen molar-refractivity contribution in [2.75, 3.05) is 7.11 Å². The number of benzene rings is 7. The number of methoxy groups -OCH3 is 1. The van der Waals surface area contributed by atoms with Gasteiger partial charge in [-0.05, 0) is 186 Å². The van der Waals surface area contributed by atoms with Gasteiger partial charge in [-0.3, -0.25) is 4.79 Å². The Kier molecular flexibility index (Phi) is 3.54. The monoisotopic (exact) mass is 674 g/mol. The van der Waals surface area contributed by atoms with Crippen molar-refractivity contribution in [2.24, 2.45) is 11.8 Å². The van der Waals surface area contributed by atoms with E-state index < -0.39 is 0 Å². The first kappa shape index (κ1) is 25.5. The lowest BCUT2D eigenvalue weighted by molar-refractivity contribution is -0.140. The summed E-state index contributed by atoms with van der Waals surface area (Å²) in [7, 11) is 1.54. The highest BCUT2D eigenvalue weighted by Gasteiger charge is 2.62. The summed E-state index contributed by atoms with van der Waals surface area (Å²) >= 11 is 0. The molecule has 0 radical (unpaired) electrons. The largest absolute Gasteiger partial charge is 0.469 e. The van der Waals surface area contributed by atoms with Crippen LogP contribution in [0.25, 0.3) is 86.9 Å². The fourth-order valence-electron chi connectivity index (χ4n) is 15.6. The lowest BCUT2D eigenvalue weighted by Gasteiger charge is -2.50. The summed E-state index contributed by atoms with van der Waals surface area (Å²) in [5.74, 6) is 1.25. The van der Waals surface area contributed by atoms with E-state index in [4.69, 9.17) is 4.74 Å². The number of rotatable bonds is 6. The zero-order valence-corrected chi connectivity index (χ0v) is 29.2. The SMILES string of the molecule is COC(=O)CCCC(c1ccccc1)C12c3c4c5c6c7c3c3c1c1c8c9cc%10cc%11c%12c%13c(c7c7c%12c%10c8c37)C6C(C=C5CC4=CC2C=C1C9)C=C%13C%11. The predicted octanol–water partition coefficient (Wildman–Crippen LogP) is 11.4. The third-order valence-corrected chi connectivity index (χ3v) is 16.6. The average Bonchev–Trinajstić information content (AvgIpc) is 4.00. The third kappa shape index (κ3) is 2.16. The highest BCUT2D eigenvalue weighted by molar-refractivity contribution is 6.53. The molecule has 53 heavy (non-hydrogen) atoms. The standard InChI is InChI=1S/C51H30O2/c1-53-30(52)9-5-8-29(19-6-3-2-4-7-19)51-28-17-26-15-22-13-24-11-20-10-21-12-25-14-23-16-27(18-28)38-34(23)42-36(25)40-32(21)31(20)39-35(24)41-33(22)37(26)49(51)47-45(41)43(39)44(40)46(42)48(47)50(38)51/h2-4,6-7,11-14,17-18,24,28-29,35H,5,8-10,15-16H2,1H3. The molecule has 0 amide bonds. The van der Waals surface area contributed by atoms with E-state index in [9.17, 15) is 4.79 Å². The van der Waals surface area contributed by atoms with Gasteiger partial charge in [-0.25, -0.2) is 0 Å². The number of ether oxygens (including phenoxy) is 1. The summed E-state index contributed by atoms with van der Waals surface area (Å²) in [6.45, 7) is 0. The molecule has 9 aliphatic rings. The van der Waals surface area contributed by atoms with Gasteiger partial charge < -0.3 is 4.74 Å². The van der Waals surface area contributed by atoms with E-state index in [-0.39, 0.29) is 23.2 Å². The van der Waals surface area contributed by atoms with Crippen LogP contribution < -0.4 is 0 Å². The highest BCUT2D eigenvalue weighted by Crippen LogP contribution is 2.77. The lowest BCUT2D eigenvalue weighted by atomic mass is 9.51. The predicted molar refractivity (Wildman–Crippen MR) is 214 cm³/mol. The summed E-state index contributed by atoms with van der Waals surface area (Å²) in [4.78, 5) is 12.7. The molecule has 2 nitrogen and oxygen atoms in total. The third-order valence-electron chi connectivity index (χ3n) is 16.6. The fraction of sp³-hybridized carbons (Fsp3) is 0.235. The van der Waals surface area contributed by atoms with Crippen LogP contribution in [0.4, 0.5) is 0 Å². The molecule has 9 aliphatic carbocycles. The van der Waals surface area contributed by atoms with Crippen molar-refractivity contribution >= 4 is 92.9 Å². The summed E-state index contributed by atoms with van der Waals surface area (Å²) in [5.41, 5.74) is 23.8. The Morgan fingerprint density at radius 1 is 0.679 bits per heavy atom. The van der Waals surface area contributed by atoms with Crippen LogP contribution >= 0.6 is 0 Å². The van der Waals surface area contributed by atoms with E-state index in [1.807, 2.05) is 0 Å². The number of hydrogen-bond acceptors (Lipinski definition) is 2. The average molecular weight is 675 g/mol. The van der Waals surface area contributed by atoms with E-state index in [1.54, 1.807) is 137 Å². The van der Waals surface area contributed by atoms with Crippen LogP contribution in [0.1, 0.15) is 98.7 Å². The maximum atomic E-state index is 12.7. The van der Waals surface area contributed by atoms with Gasteiger partial charge in [0.25, 0.3) is 0 Å². The molecule has 0 fully saturated rings. The molecule has 0 saturated carbocycles. The molecule has 0 aliphatic heterocycles. The molecule has 17 rings (SSSR count). The molecule has 5 atom stereocenters. The zero-order chi connectivity index (χ0) is 33.7. The zero-order valence-electron chi connectivity index (χ0n) is 29.2. The smallest absolute Gasteiger partial charge is 0.305 e. The molecule has 8 aromatic rings. The molecule has 5 unspecified atom stereocenters. The van der Waals surface area contributed by atoms with E-state index in [2.05, 4.69) is 66.8 Å². The van der Waals surface area contributed by atoms with Crippen LogP contribution in [0.3, 0.4) is 0 Å². The minimum Gasteiger partial charge on any atom is -0.469 e. The van der Waals surface area contributed by atoms with Gasteiger partial charge in [0.15, 0.2) is 0 Å². The van der Waals surface area contributed by atoms with E-state index >= 15 is 0 Å². The highest BCUT2D eigenvalue weighted by atomic mass is 16.5. The first-order valence-corrected chi connectivity index (χ1v) is 20.0. The summed E-state index contributed by atoms with van der Waals surface area (Å²) in [6, 6.07) is 16.7. The second-order valence-corrected chi connectivity index (χ2v) is 18.2. The number of carbonyl (C=O) groups is 1. The molecule has 246 valence electrons. The van der Waals surface area contributed by atoms with Crippen LogP contribution in [0.15, 0.2) is 66.8 Å². The molecule has 8 aromatic carbocycles. The maximum absolute atomic E-state index is 12.7. The normalized spacial score (nSPS) is 26.2. The second-order valence-electron chi connectivity index (χ2n) is 18.2. The van der Waals surface area contributed by atoms with Crippen molar-refractivity contribution in [2.45, 2.75) is 55.8 Å². The quantitative estimate of drug-likeness (QED) is 0.130. The molecule has 0 N–H and O–H groups in total. The Morgan fingerprint density at radius 3 is 2.09 bits per heavy atom. The van der Waals surface area contributed by atoms with Crippen molar-refractivity contribution in [1.82, 2.24) is 0 Å².